The third kappa shape index (κ3) is 9.94. The lowest BCUT2D eigenvalue weighted by atomic mass is 10.1. The molecule has 1 aliphatic heterocycles. The zero-order valence-electron chi connectivity index (χ0n) is 29.3. The summed E-state index contributed by atoms with van der Waals surface area (Å²) in [7, 11) is 0. The molecule has 0 saturated carbocycles. The van der Waals surface area contributed by atoms with E-state index in [1.165, 1.54) is 17.0 Å². The molecule has 0 aliphatic carbocycles. The van der Waals surface area contributed by atoms with Crippen molar-refractivity contribution in [2.24, 2.45) is 0 Å². The van der Waals surface area contributed by atoms with Gasteiger partial charge in [-0.1, -0.05) is 37.3 Å². The molecule has 266 valence electrons. The summed E-state index contributed by atoms with van der Waals surface area (Å²) < 4.78 is 23.0. The normalized spacial score (nSPS) is 14.2. The Kier molecular flexibility index (Phi) is 11.3. The number of nitrogens with zero attached hydrogens (tertiary/aromatic N) is 3. The summed E-state index contributed by atoms with van der Waals surface area (Å²) in [6.45, 7) is 12.1. The van der Waals surface area contributed by atoms with Crippen molar-refractivity contribution >= 4 is 35.4 Å². The molecule has 14 heteroatoms. The summed E-state index contributed by atoms with van der Waals surface area (Å²) >= 11 is 0. The molecule has 0 aromatic heterocycles. The molecule has 3 aromatic carbocycles. The summed E-state index contributed by atoms with van der Waals surface area (Å²) in [4.78, 5) is 52.3. The van der Waals surface area contributed by atoms with Gasteiger partial charge in [0.25, 0.3) is 11.6 Å². The monoisotopic (exact) mass is 689 g/mol. The SMILES string of the molecule is CCC1Oc2cccc(Oc3ccc(CCN(C(=N)NC(=O)OC(C)(C)C)C(=O)OC(C)(C)C)cc3)c2N(Cc2cccc([N+](=O)[O-])c2)C1=O. The zero-order valence-corrected chi connectivity index (χ0v) is 29.3. The van der Waals surface area contributed by atoms with Crippen LogP contribution >= 0.6 is 0 Å². The third-order valence-electron chi connectivity index (χ3n) is 7.15. The molecule has 0 saturated heterocycles. The number of benzene rings is 3. The van der Waals surface area contributed by atoms with Crippen LogP contribution in [0.4, 0.5) is 21.0 Å². The number of nitro benzene ring substituents is 1. The summed E-state index contributed by atoms with van der Waals surface area (Å²) in [5, 5.41) is 22.1. The average Bonchev–Trinajstić information content (AvgIpc) is 3.01. The highest BCUT2D eigenvalue weighted by atomic mass is 16.6. The van der Waals surface area contributed by atoms with Crippen LogP contribution in [0.15, 0.2) is 66.7 Å². The molecule has 3 aromatic rings. The van der Waals surface area contributed by atoms with Gasteiger partial charge in [0.2, 0.25) is 5.96 Å². The van der Waals surface area contributed by atoms with Crippen molar-refractivity contribution in [2.45, 2.75) is 85.2 Å². The Bertz CT molecular complexity index is 1750. The van der Waals surface area contributed by atoms with E-state index in [-0.39, 0.29) is 24.7 Å². The number of para-hydroxylation sites is 1. The highest BCUT2D eigenvalue weighted by Gasteiger charge is 2.36. The van der Waals surface area contributed by atoms with Gasteiger partial charge in [0.15, 0.2) is 11.9 Å². The van der Waals surface area contributed by atoms with Crippen LogP contribution < -0.4 is 19.7 Å². The molecule has 2 N–H and O–H groups in total. The number of carbonyl (C=O) groups excluding carboxylic acids is 3. The number of rotatable bonds is 9. The largest absolute Gasteiger partial charge is 0.478 e. The van der Waals surface area contributed by atoms with Crippen molar-refractivity contribution in [2.75, 3.05) is 11.4 Å². The first kappa shape index (κ1) is 37.2. The number of carbonyl (C=O) groups is 3. The number of hydrogen-bond donors (Lipinski definition) is 2. The van der Waals surface area contributed by atoms with Crippen molar-refractivity contribution in [3.63, 3.8) is 0 Å². The molecular weight excluding hydrogens is 646 g/mol. The number of fused-ring (bicyclic) bond motifs is 1. The number of alkyl carbamates (subject to hydrolysis) is 1. The zero-order chi connectivity index (χ0) is 36.8. The molecule has 3 amide bonds. The predicted molar refractivity (Wildman–Crippen MR) is 186 cm³/mol. The molecule has 1 unspecified atom stereocenters. The molecule has 0 spiro atoms. The van der Waals surface area contributed by atoms with Gasteiger partial charge in [-0.2, -0.15) is 0 Å². The van der Waals surface area contributed by atoms with Gasteiger partial charge in [-0.15, -0.1) is 0 Å². The van der Waals surface area contributed by atoms with Gasteiger partial charge in [0, 0.05) is 18.7 Å². The molecule has 1 atom stereocenters. The van der Waals surface area contributed by atoms with E-state index in [1.807, 2.05) is 6.92 Å². The van der Waals surface area contributed by atoms with Crippen LogP contribution in [0, 0.1) is 15.5 Å². The molecule has 1 heterocycles. The van der Waals surface area contributed by atoms with Crippen LogP contribution in [0.2, 0.25) is 0 Å². The number of nitro groups is 1. The summed E-state index contributed by atoms with van der Waals surface area (Å²) in [5.74, 6) is 0.464. The van der Waals surface area contributed by atoms with E-state index in [2.05, 4.69) is 5.32 Å². The van der Waals surface area contributed by atoms with E-state index in [1.54, 1.807) is 96.1 Å². The maximum atomic E-state index is 13.5. The van der Waals surface area contributed by atoms with Crippen molar-refractivity contribution in [1.82, 2.24) is 10.2 Å². The highest BCUT2D eigenvalue weighted by Crippen LogP contribution is 2.44. The molecule has 0 radical (unpaired) electrons. The number of nitrogens with one attached hydrogen (secondary N) is 2. The van der Waals surface area contributed by atoms with Gasteiger partial charge in [0.05, 0.1) is 11.5 Å². The molecule has 50 heavy (non-hydrogen) atoms. The van der Waals surface area contributed by atoms with Crippen molar-refractivity contribution in [3.8, 4) is 17.2 Å². The fourth-order valence-corrected chi connectivity index (χ4v) is 4.97. The first-order valence-corrected chi connectivity index (χ1v) is 16.1. The van der Waals surface area contributed by atoms with E-state index in [9.17, 15) is 24.5 Å². The Hall–Kier alpha value is -5.66. The van der Waals surface area contributed by atoms with Crippen LogP contribution in [-0.2, 0) is 27.2 Å². The number of guanidine groups is 1. The standard InChI is InChI=1S/C36H43N5O9/c1-8-27-31(42)40(22-24-11-9-12-25(21-24)41(45)46)30-28(13-10-14-29(30)48-27)47-26-17-15-23(16-18-26)19-20-39(34(44)50-36(5,6)7)32(37)38-33(43)49-35(2,3)4/h9-18,21,27H,8,19-20,22H2,1-7H3,(H2,37,38,43). The topological polar surface area (TPSA) is 174 Å². The predicted octanol–water partition coefficient (Wildman–Crippen LogP) is 7.33. The van der Waals surface area contributed by atoms with Gasteiger partial charge in [-0.3, -0.25) is 30.5 Å². The number of amides is 3. The summed E-state index contributed by atoms with van der Waals surface area (Å²) in [6.07, 6.45) is -1.67. The fraction of sp³-hybridized carbons (Fsp3) is 0.389. The summed E-state index contributed by atoms with van der Waals surface area (Å²) in [5.41, 5.74) is 0.0614. The van der Waals surface area contributed by atoms with Crippen LogP contribution in [0.5, 0.6) is 17.2 Å². The smallest absolute Gasteiger partial charge is 0.417 e. The number of ether oxygens (including phenoxy) is 4. The van der Waals surface area contributed by atoms with Crippen molar-refractivity contribution in [3.05, 3.63) is 88.0 Å². The van der Waals surface area contributed by atoms with Crippen LogP contribution in [0.1, 0.15) is 66.0 Å². The molecule has 14 nitrogen and oxygen atoms in total. The quantitative estimate of drug-likeness (QED) is 0.101. The van der Waals surface area contributed by atoms with E-state index < -0.39 is 40.4 Å². The van der Waals surface area contributed by atoms with Crippen LogP contribution in [-0.4, -0.2) is 57.7 Å². The van der Waals surface area contributed by atoms with E-state index in [0.29, 0.717) is 41.3 Å². The van der Waals surface area contributed by atoms with Gasteiger partial charge in [0.1, 0.15) is 28.4 Å². The Balaban J connectivity index is 1.52. The van der Waals surface area contributed by atoms with Crippen molar-refractivity contribution < 1.29 is 38.3 Å². The maximum absolute atomic E-state index is 13.5. The van der Waals surface area contributed by atoms with E-state index in [4.69, 9.17) is 24.4 Å². The lowest BCUT2D eigenvalue weighted by Gasteiger charge is -2.35. The molecule has 1 aliphatic rings. The number of non-ortho nitro benzene ring substituents is 1. The van der Waals surface area contributed by atoms with E-state index in [0.717, 1.165) is 10.5 Å². The molecule has 0 bridgehead atoms. The molecule has 4 rings (SSSR count). The lowest BCUT2D eigenvalue weighted by Crippen LogP contribution is -2.50. The maximum Gasteiger partial charge on any atom is 0.417 e. The van der Waals surface area contributed by atoms with Gasteiger partial charge in [-0.05, 0) is 89.8 Å². The Labute approximate surface area is 290 Å². The minimum atomic E-state index is -0.873. The molecular formula is C36H43N5O9. The Morgan fingerprint density at radius 2 is 1.64 bits per heavy atom. The highest BCUT2D eigenvalue weighted by molar-refractivity contribution is 6.02. The minimum Gasteiger partial charge on any atom is -0.478 e. The van der Waals surface area contributed by atoms with Crippen molar-refractivity contribution in [1.29, 1.82) is 5.41 Å². The average molecular weight is 690 g/mol. The number of hydrogen-bond acceptors (Lipinski definition) is 10. The summed E-state index contributed by atoms with van der Waals surface area (Å²) in [6, 6.07) is 18.4. The second-order valence-electron chi connectivity index (χ2n) is 13.6. The third-order valence-corrected chi connectivity index (χ3v) is 7.15. The van der Waals surface area contributed by atoms with Crippen LogP contribution in [0.25, 0.3) is 0 Å². The fourth-order valence-electron chi connectivity index (χ4n) is 4.97. The Morgan fingerprint density at radius 1 is 0.980 bits per heavy atom. The second kappa shape index (κ2) is 15.3. The van der Waals surface area contributed by atoms with E-state index >= 15 is 0 Å². The van der Waals surface area contributed by atoms with Gasteiger partial charge >= 0.3 is 12.2 Å². The Morgan fingerprint density at radius 3 is 2.26 bits per heavy atom. The number of anilines is 1. The molecule has 0 fully saturated rings. The van der Waals surface area contributed by atoms with Gasteiger partial charge in [-0.25, -0.2) is 14.5 Å². The lowest BCUT2D eigenvalue weighted by molar-refractivity contribution is -0.384. The first-order chi connectivity index (χ1) is 23.4. The second-order valence-corrected chi connectivity index (χ2v) is 13.6. The van der Waals surface area contributed by atoms with Gasteiger partial charge < -0.3 is 18.9 Å². The first-order valence-electron chi connectivity index (χ1n) is 16.1. The van der Waals surface area contributed by atoms with Crippen LogP contribution in [0.3, 0.4) is 0 Å². The minimum absolute atomic E-state index is 0.0145.